The van der Waals surface area contributed by atoms with E-state index in [0.717, 1.165) is 5.56 Å². The molecule has 224 valence electrons. The first kappa shape index (κ1) is 29.4. The van der Waals surface area contributed by atoms with Crippen LogP contribution in [0.4, 0.5) is 0 Å². The molecule has 5 rings (SSSR count). The van der Waals surface area contributed by atoms with Crippen LogP contribution in [-0.2, 0) is 11.4 Å². The van der Waals surface area contributed by atoms with Crippen molar-refractivity contribution in [3.8, 4) is 5.75 Å². The van der Waals surface area contributed by atoms with Gasteiger partial charge in [0, 0.05) is 18.7 Å². The molecule has 1 saturated heterocycles. The molecule has 3 aliphatic heterocycles. The van der Waals surface area contributed by atoms with Crippen molar-refractivity contribution in [1.29, 1.82) is 0 Å². The molecule has 0 aromatic heterocycles. The number of hydrogen-bond acceptors (Lipinski definition) is 12. The van der Waals surface area contributed by atoms with Crippen LogP contribution < -0.4 is 32.9 Å². The Morgan fingerprint density at radius 2 is 1.77 bits per heavy atom. The van der Waals surface area contributed by atoms with E-state index < -0.39 is 17.5 Å². The second kappa shape index (κ2) is 12.8. The van der Waals surface area contributed by atoms with Crippen molar-refractivity contribution in [1.82, 2.24) is 20.5 Å². The Morgan fingerprint density at radius 1 is 1.07 bits per heavy atom. The summed E-state index contributed by atoms with van der Waals surface area (Å²) in [6.07, 6.45) is 1.11. The molecule has 3 aliphatic rings. The van der Waals surface area contributed by atoms with Gasteiger partial charge in [0.05, 0.1) is 12.1 Å². The lowest BCUT2D eigenvalue weighted by Gasteiger charge is -2.37. The minimum atomic E-state index is -1.17. The van der Waals surface area contributed by atoms with E-state index in [4.69, 9.17) is 38.9 Å². The highest BCUT2D eigenvalue weighted by atomic mass is 35.5. The van der Waals surface area contributed by atoms with Gasteiger partial charge < -0.3 is 26.6 Å². The molecule has 1 atom stereocenters. The Labute approximate surface area is 251 Å². The van der Waals surface area contributed by atoms with Crippen molar-refractivity contribution in [3.05, 3.63) is 76.7 Å². The van der Waals surface area contributed by atoms with Gasteiger partial charge in [-0.15, -0.1) is 10.2 Å². The number of guanidine groups is 1. The fraction of sp³-hybridized carbons (Fsp3) is 0.308. The monoisotopic (exact) mass is 607 g/mol. The van der Waals surface area contributed by atoms with Gasteiger partial charge in [-0.3, -0.25) is 19.9 Å². The molecule has 1 unspecified atom stereocenters. The van der Waals surface area contributed by atoms with E-state index in [9.17, 15) is 9.59 Å². The van der Waals surface area contributed by atoms with Crippen LogP contribution in [0.5, 0.6) is 5.75 Å². The first-order valence-corrected chi connectivity index (χ1v) is 13.6. The summed E-state index contributed by atoms with van der Waals surface area (Å²) in [5.41, 5.74) is 1.07. The topological polar surface area (TPSA) is 226 Å². The van der Waals surface area contributed by atoms with Gasteiger partial charge >= 0.3 is 0 Å². The molecule has 3 heterocycles. The van der Waals surface area contributed by atoms with Crippen molar-refractivity contribution < 1.29 is 14.3 Å². The first-order chi connectivity index (χ1) is 20.8. The molecular formula is C26H30ClN13O3. The molecule has 0 saturated carbocycles. The smallest absolute Gasteiger partial charge is 0.257 e. The number of aliphatic imine (C=N–C) groups is 2. The number of ether oxygens (including phenoxy) is 1. The summed E-state index contributed by atoms with van der Waals surface area (Å²) in [7, 11) is 0. The summed E-state index contributed by atoms with van der Waals surface area (Å²) in [5.74, 6) is 16.4. The lowest BCUT2D eigenvalue weighted by molar-refractivity contribution is -0.120. The Bertz CT molecular complexity index is 1500. The van der Waals surface area contributed by atoms with Crippen LogP contribution in [0.25, 0.3) is 0 Å². The minimum absolute atomic E-state index is 0.0766. The SMILES string of the molecule is NN=NC1=NC(N=NN)=C(Cl)NC1C(=O)NC1=NC2(CCN(C(=O)c3ccc(OCc4ccccc4)cc3)CC2)CN1N. The number of carbonyl (C=O) groups excluding carboxylic acids is 2. The highest BCUT2D eigenvalue weighted by Crippen LogP contribution is 2.32. The summed E-state index contributed by atoms with van der Waals surface area (Å²) in [6, 6.07) is 15.8. The summed E-state index contributed by atoms with van der Waals surface area (Å²) in [6.45, 7) is 1.75. The lowest BCUT2D eigenvalue weighted by atomic mass is 9.88. The van der Waals surface area contributed by atoms with E-state index in [1.165, 1.54) is 5.01 Å². The van der Waals surface area contributed by atoms with Crippen LogP contribution in [0, 0.1) is 0 Å². The quantitative estimate of drug-likeness (QED) is 0.139. The number of rotatable bonds is 6. The number of nitrogens with zero attached hydrogens (tertiary/aromatic N) is 8. The van der Waals surface area contributed by atoms with Crippen molar-refractivity contribution in [3.63, 3.8) is 0 Å². The maximum absolute atomic E-state index is 13.2. The van der Waals surface area contributed by atoms with Gasteiger partial charge in [0.1, 0.15) is 12.4 Å². The Balaban J connectivity index is 1.17. The number of piperidine rings is 1. The van der Waals surface area contributed by atoms with Gasteiger partial charge in [0.25, 0.3) is 11.8 Å². The average Bonchev–Trinajstić information content (AvgIpc) is 3.32. The van der Waals surface area contributed by atoms with Crippen molar-refractivity contribution in [2.24, 2.45) is 48.2 Å². The fourth-order valence-electron chi connectivity index (χ4n) is 4.93. The molecule has 8 N–H and O–H groups in total. The molecule has 0 aliphatic carbocycles. The molecular weight excluding hydrogens is 578 g/mol. The van der Waals surface area contributed by atoms with Crippen molar-refractivity contribution >= 4 is 35.2 Å². The Hall–Kier alpha value is -5.09. The molecule has 1 fully saturated rings. The van der Waals surface area contributed by atoms with Crippen LogP contribution in [0.3, 0.4) is 0 Å². The minimum Gasteiger partial charge on any atom is -0.489 e. The first-order valence-electron chi connectivity index (χ1n) is 13.3. The predicted molar refractivity (Wildman–Crippen MR) is 157 cm³/mol. The maximum Gasteiger partial charge on any atom is 0.257 e. The molecule has 1 spiro atoms. The molecule has 2 aromatic rings. The highest BCUT2D eigenvalue weighted by Gasteiger charge is 2.43. The molecule has 17 heteroatoms. The number of nitrogens with one attached hydrogen (secondary N) is 2. The normalized spacial score (nSPS) is 19.9. The van der Waals surface area contributed by atoms with Crippen molar-refractivity contribution in [2.75, 3.05) is 19.6 Å². The molecule has 2 aromatic carbocycles. The molecule has 16 nitrogen and oxygen atoms in total. The second-order valence-electron chi connectivity index (χ2n) is 9.98. The zero-order chi connectivity index (χ0) is 30.4. The van der Waals surface area contributed by atoms with E-state index in [2.05, 4.69) is 36.3 Å². The Morgan fingerprint density at radius 3 is 2.44 bits per heavy atom. The predicted octanol–water partition coefficient (Wildman–Crippen LogP) is 1.29. The number of benzene rings is 2. The molecule has 0 radical (unpaired) electrons. The third kappa shape index (κ3) is 6.70. The van der Waals surface area contributed by atoms with Gasteiger partial charge in [-0.1, -0.05) is 52.4 Å². The largest absolute Gasteiger partial charge is 0.489 e. The van der Waals surface area contributed by atoms with E-state index in [0.29, 0.717) is 50.4 Å². The van der Waals surface area contributed by atoms with Gasteiger partial charge in [-0.05, 0) is 42.7 Å². The molecule has 2 amide bonds. The lowest BCUT2D eigenvalue weighted by Crippen LogP contribution is -2.55. The van der Waals surface area contributed by atoms with E-state index in [1.807, 2.05) is 30.3 Å². The van der Waals surface area contributed by atoms with Crippen LogP contribution in [0.2, 0.25) is 0 Å². The summed E-state index contributed by atoms with van der Waals surface area (Å²) in [5, 5.41) is 20.2. The molecule has 0 bridgehead atoms. The van der Waals surface area contributed by atoms with E-state index >= 15 is 0 Å². The summed E-state index contributed by atoms with van der Waals surface area (Å²) in [4.78, 5) is 36.9. The average molecular weight is 608 g/mol. The number of hydrazine groups is 1. The van der Waals surface area contributed by atoms with Crippen LogP contribution >= 0.6 is 11.6 Å². The number of halogens is 1. The third-order valence-electron chi connectivity index (χ3n) is 7.17. The number of carbonyl (C=O) groups is 2. The van der Waals surface area contributed by atoms with E-state index in [-0.39, 0.29) is 28.7 Å². The fourth-order valence-corrected chi connectivity index (χ4v) is 5.12. The Kier molecular flexibility index (Phi) is 8.77. The second-order valence-corrected chi connectivity index (χ2v) is 10.4. The van der Waals surface area contributed by atoms with Gasteiger partial charge in [-0.25, -0.2) is 15.8 Å². The highest BCUT2D eigenvalue weighted by molar-refractivity contribution is 6.30. The van der Waals surface area contributed by atoms with Crippen LogP contribution in [-0.4, -0.2) is 64.7 Å². The number of amidine groups is 1. The van der Waals surface area contributed by atoms with Gasteiger partial charge in [0.2, 0.25) is 11.8 Å². The van der Waals surface area contributed by atoms with Crippen LogP contribution in [0.1, 0.15) is 28.8 Å². The van der Waals surface area contributed by atoms with E-state index in [1.54, 1.807) is 29.2 Å². The number of amides is 2. The number of likely N-dealkylation sites (tertiary alicyclic amines) is 1. The number of hydrogen-bond donors (Lipinski definition) is 5. The number of nitrogens with two attached hydrogens (primary N) is 3. The molecule has 43 heavy (non-hydrogen) atoms. The standard InChI is InChI=1S/C26H30ClN13O3/c27-20-22(36-38-29)32-21(35-37-28)19(31-20)23(41)33-25-34-26(15-40(25)30)10-12-39(13-11-26)24(42)17-6-8-18(9-7-17)43-14-16-4-2-1-3-5-16/h1-9,19,31H,10-15,30H2,(H2,29,36)(H2,28,32,35)(H,33,34,41). The van der Waals surface area contributed by atoms with Gasteiger partial charge in [0.15, 0.2) is 17.0 Å². The summed E-state index contributed by atoms with van der Waals surface area (Å²) < 4.78 is 5.83. The van der Waals surface area contributed by atoms with Crippen molar-refractivity contribution in [2.45, 2.75) is 31.0 Å². The third-order valence-corrected chi connectivity index (χ3v) is 7.44. The summed E-state index contributed by atoms with van der Waals surface area (Å²) >= 11 is 6.12. The van der Waals surface area contributed by atoms with Crippen LogP contribution in [0.15, 0.2) is 96.2 Å². The maximum atomic E-state index is 13.2. The van der Waals surface area contributed by atoms with Gasteiger partial charge in [-0.2, -0.15) is 0 Å². The zero-order valence-electron chi connectivity index (χ0n) is 22.9. The zero-order valence-corrected chi connectivity index (χ0v) is 23.7.